The van der Waals surface area contributed by atoms with Crippen molar-refractivity contribution in [3.8, 4) is 5.75 Å². The van der Waals surface area contributed by atoms with Crippen molar-refractivity contribution in [3.63, 3.8) is 0 Å². The van der Waals surface area contributed by atoms with Crippen molar-refractivity contribution in [1.29, 1.82) is 0 Å². The van der Waals surface area contributed by atoms with Crippen molar-refractivity contribution >= 4 is 0 Å². The lowest BCUT2D eigenvalue weighted by atomic mass is 10.0. The highest BCUT2D eigenvalue weighted by atomic mass is 16.5. The van der Waals surface area contributed by atoms with Crippen LogP contribution in [0.2, 0.25) is 0 Å². The van der Waals surface area contributed by atoms with E-state index in [1.807, 2.05) is 12.1 Å². The zero-order valence-corrected chi connectivity index (χ0v) is 8.20. The monoisotopic (exact) mass is 192 g/mol. The van der Waals surface area contributed by atoms with Crippen LogP contribution in [0.3, 0.4) is 0 Å². The van der Waals surface area contributed by atoms with Crippen LogP contribution in [-0.2, 0) is 6.42 Å². The van der Waals surface area contributed by atoms with E-state index in [0.717, 1.165) is 25.2 Å². The van der Waals surface area contributed by atoms with Crippen molar-refractivity contribution in [3.05, 3.63) is 29.3 Å². The Kier molecular flexibility index (Phi) is 2.70. The molecule has 0 saturated heterocycles. The van der Waals surface area contributed by atoms with Crippen LogP contribution in [0.4, 0.5) is 0 Å². The maximum atomic E-state index is 5.98. The number of benzene rings is 1. The van der Waals surface area contributed by atoms with Gasteiger partial charge < -0.3 is 16.2 Å². The minimum atomic E-state index is 0.0610. The molecule has 0 unspecified atom stereocenters. The molecule has 1 aromatic rings. The molecule has 2 rings (SSSR count). The van der Waals surface area contributed by atoms with Crippen LogP contribution < -0.4 is 16.2 Å². The summed E-state index contributed by atoms with van der Waals surface area (Å²) in [6, 6.07) is 6.24. The molecule has 0 aliphatic carbocycles. The van der Waals surface area contributed by atoms with Crippen LogP contribution in [0.5, 0.6) is 5.75 Å². The van der Waals surface area contributed by atoms with E-state index in [1.165, 1.54) is 11.1 Å². The Bertz CT molecular complexity index is 325. The molecule has 0 bridgehead atoms. The van der Waals surface area contributed by atoms with Crippen molar-refractivity contribution in [2.75, 3.05) is 13.2 Å². The zero-order valence-electron chi connectivity index (χ0n) is 8.20. The van der Waals surface area contributed by atoms with Gasteiger partial charge in [-0.2, -0.15) is 0 Å². The van der Waals surface area contributed by atoms with Gasteiger partial charge in [-0.1, -0.05) is 12.1 Å². The number of nitrogens with two attached hydrogens (primary N) is 2. The molecule has 0 radical (unpaired) electrons. The highest BCUT2D eigenvalue weighted by Gasteiger charge is 2.14. The average molecular weight is 192 g/mol. The molecule has 3 nitrogen and oxygen atoms in total. The number of fused-ring (bicyclic) bond motifs is 1. The summed E-state index contributed by atoms with van der Waals surface area (Å²) >= 11 is 0. The Morgan fingerprint density at radius 3 is 3.07 bits per heavy atom. The van der Waals surface area contributed by atoms with Gasteiger partial charge in [-0.15, -0.1) is 0 Å². The van der Waals surface area contributed by atoms with Crippen LogP contribution in [-0.4, -0.2) is 13.2 Å². The van der Waals surface area contributed by atoms with Gasteiger partial charge in [0.2, 0.25) is 0 Å². The first-order valence-electron chi connectivity index (χ1n) is 5.02. The molecular weight excluding hydrogens is 176 g/mol. The van der Waals surface area contributed by atoms with Crippen LogP contribution in [0.25, 0.3) is 0 Å². The van der Waals surface area contributed by atoms with Crippen molar-refractivity contribution in [2.24, 2.45) is 11.5 Å². The molecule has 1 aliphatic rings. The van der Waals surface area contributed by atoms with E-state index in [2.05, 4.69) is 6.07 Å². The second-order valence-corrected chi connectivity index (χ2v) is 3.65. The van der Waals surface area contributed by atoms with Crippen LogP contribution in [0, 0.1) is 0 Å². The molecule has 3 heteroatoms. The molecule has 0 aromatic heterocycles. The molecule has 1 heterocycles. The Balaban J connectivity index is 2.19. The Morgan fingerprint density at radius 2 is 2.29 bits per heavy atom. The maximum Gasteiger partial charge on any atom is 0.122 e. The predicted molar refractivity (Wildman–Crippen MR) is 56.2 cm³/mol. The molecule has 1 atom stereocenters. The van der Waals surface area contributed by atoms with Crippen LogP contribution >= 0.6 is 0 Å². The quantitative estimate of drug-likeness (QED) is 0.750. The number of hydrogen-bond acceptors (Lipinski definition) is 3. The van der Waals surface area contributed by atoms with Gasteiger partial charge in [0.05, 0.1) is 6.61 Å². The van der Waals surface area contributed by atoms with E-state index in [1.54, 1.807) is 0 Å². The van der Waals surface area contributed by atoms with Crippen LogP contribution in [0.1, 0.15) is 23.6 Å². The van der Waals surface area contributed by atoms with Gasteiger partial charge >= 0.3 is 0 Å². The molecule has 0 amide bonds. The summed E-state index contributed by atoms with van der Waals surface area (Å²) in [7, 11) is 0. The van der Waals surface area contributed by atoms with E-state index >= 15 is 0 Å². The first-order chi connectivity index (χ1) is 6.81. The van der Waals surface area contributed by atoms with Crippen molar-refractivity contribution in [2.45, 2.75) is 18.9 Å². The molecule has 0 spiro atoms. The third kappa shape index (κ3) is 1.74. The third-order valence-corrected chi connectivity index (χ3v) is 2.62. The fourth-order valence-electron chi connectivity index (χ4n) is 1.78. The largest absolute Gasteiger partial charge is 0.493 e. The standard InChI is InChI=1S/C11H16N2O/c12-5-3-10(13)8-1-2-11-9(7-8)4-6-14-11/h1-2,7,10H,3-6,12-13H2/t10-/m0/s1. The summed E-state index contributed by atoms with van der Waals surface area (Å²) in [4.78, 5) is 0. The fourth-order valence-corrected chi connectivity index (χ4v) is 1.78. The third-order valence-electron chi connectivity index (χ3n) is 2.62. The summed E-state index contributed by atoms with van der Waals surface area (Å²) < 4.78 is 5.43. The number of ether oxygens (including phenoxy) is 1. The summed E-state index contributed by atoms with van der Waals surface area (Å²) in [6.07, 6.45) is 1.83. The van der Waals surface area contributed by atoms with Gasteiger partial charge in [0, 0.05) is 12.5 Å². The van der Waals surface area contributed by atoms with Gasteiger partial charge in [-0.25, -0.2) is 0 Å². The Labute approximate surface area is 84.0 Å². The van der Waals surface area contributed by atoms with Gasteiger partial charge in [0.15, 0.2) is 0 Å². The minimum Gasteiger partial charge on any atom is -0.493 e. The lowest BCUT2D eigenvalue weighted by Crippen LogP contribution is -2.15. The molecule has 14 heavy (non-hydrogen) atoms. The first-order valence-corrected chi connectivity index (χ1v) is 5.02. The molecule has 1 aromatic carbocycles. The summed E-state index contributed by atoms with van der Waals surface area (Å²) in [5.41, 5.74) is 13.9. The van der Waals surface area contributed by atoms with Gasteiger partial charge in [-0.05, 0) is 30.2 Å². The minimum absolute atomic E-state index is 0.0610. The van der Waals surface area contributed by atoms with E-state index in [4.69, 9.17) is 16.2 Å². The Morgan fingerprint density at radius 1 is 1.43 bits per heavy atom. The van der Waals surface area contributed by atoms with Crippen molar-refractivity contribution < 1.29 is 4.74 Å². The predicted octanol–water partition coefficient (Wildman–Crippen LogP) is 0.970. The van der Waals surface area contributed by atoms with Crippen molar-refractivity contribution in [1.82, 2.24) is 0 Å². The molecule has 76 valence electrons. The summed E-state index contributed by atoms with van der Waals surface area (Å²) in [5.74, 6) is 1.01. The van der Waals surface area contributed by atoms with E-state index < -0.39 is 0 Å². The molecule has 1 aliphatic heterocycles. The highest BCUT2D eigenvalue weighted by molar-refractivity contribution is 5.40. The molecular formula is C11H16N2O. The average Bonchev–Trinajstić information content (AvgIpc) is 2.64. The van der Waals surface area contributed by atoms with E-state index in [0.29, 0.717) is 6.54 Å². The lowest BCUT2D eigenvalue weighted by molar-refractivity contribution is 0.357. The lowest BCUT2D eigenvalue weighted by Gasteiger charge is -2.11. The smallest absolute Gasteiger partial charge is 0.122 e. The zero-order chi connectivity index (χ0) is 9.97. The Hall–Kier alpha value is -1.06. The number of hydrogen-bond donors (Lipinski definition) is 2. The molecule has 0 saturated carbocycles. The molecule has 0 fully saturated rings. The molecule has 4 N–H and O–H groups in total. The fraction of sp³-hybridized carbons (Fsp3) is 0.455. The topological polar surface area (TPSA) is 61.3 Å². The van der Waals surface area contributed by atoms with Gasteiger partial charge in [-0.3, -0.25) is 0 Å². The summed E-state index contributed by atoms with van der Waals surface area (Å²) in [5, 5.41) is 0. The second-order valence-electron chi connectivity index (χ2n) is 3.65. The first kappa shape index (κ1) is 9.49. The number of rotatable bonds is 3. The van der Waals surface area contributed by atoms with Gasteiger partial charge in [0.1, 0.15) is 5.75 Å². The highest BCUT2D eigenvalue weighted by Crippen LogP contribution is 2.28. The van der Waals surface area contributed by atoms with Crippen LogP contribution in [0.15, 0.2) is 18.2 Å². The van der Waals surface area contributed by atoms with E-state index in [9.17, 15) is 0 Å². The SMILES string of the molecule is NCC[C@H](N)c1ccc2c(c1)CCO2. The van der Waals surface area contributed by atoms with Gasteiger partial charge in [0.25, 0.3) is 0 Å². The summed E-state index contributed by atoms with van der Waals surface area (Å²) in [6.45, 7) is 1.43. The maximum absolute atomic E-state index is 5.98. The normalized spacial score (nSPS) is 16.1. The van der Waals surface area contributed by atoms with E-state index in [-0.39, 0.29) is 6.04 Å². The second kappa shape index (κ2) is 3.98.